The molecule has 202 valence electrons. The fourth-order valence-electron chi connectivity index (χ4n) is 3.91. The topological polar surface area (TPSA) is 86.8 Å². The highest BCUT2D eigenvalue weighted by atomic mass is 32.2. The molecule has 0 aromatic heterocycles. The summed E-state index contributed by atoms with van der Waals surface area (Å²) in [5.74, 6) is -0.799. The van der Waals surface area contributed by atoms with Crippen LogP contribution in [0.15, 0.2) is 83.8 Å². The minimum atomic E-state index is -4.07. The number of carbonyl (C=O) groups is 2. The van der Waals surface area contributed by atoms with Crippen LogP contribution in [0.4, 0.5) is 5.69 Å². The maximum atomic E-state index is 13.9. The zero-order chi connectivity index (χ0) is 28.1. The lowest BCUT2D eigenvalue weighted by molar-refractivity contribution is -0.140. The molecule has 0 heterocycles. The summed E-state index contributed by atoms with van der Waals surface area (Å²) in [4.78, 5) is 28.5. The largest absolute Gasteiger partial charge is 0.350 e. The van der Waals surface area contributed by atoms with Crippen molar-refractivity contribution >= 4 is 27.5 Å². The molecular formula is C30H37N3O4S. The van der Waals surface area contributed by atoms with Crippen LogP contribution >= 0.6 is 0 Å². The van der Waals surface area contributed by atoms with Crippen molar-refractivity contribution in [3.05, 3.63) is 95.6 Å². The fraction of sp³-hybridized carbons (Fsp3) is 0.333. The molecule has 38 heavy (non-hydrogen) atoms. The molecule has 0 saturated heterocycles. The van der Waals surface area contributed by atoms with Gasteiger partial charge in [0.1, 0.15) is 12.6 Å². The van der Waals surface area contributed by atoms with Crippen molar-refractivity contribution in [2.24, 2.45) is 0 Å². The SMILES string of the molecule is Cc1ccc(CN(C(=O)CN(c2ccccc2)S(=O)(=O)c2ccc(C)cc2)[C@H](C)C(=O)NC(C)(C)C)cc1. The summed E-state index contributed by atoms with van der Waals surface area (Å²) in [7, 11) is -4.07. The molecule has 0 spiro atoms. The minimum Gasteiger partial charge on any atom is -0.350 e. The Morgan fingerprint density at radius 1 is 0.842 bits per heavy atom. The highest BCUT2D eigenvalue weighted by Gasteiger charge is 2.33. The van der Waals surface area contributed by atoms with Crippen LogP contribution in [-0.4, -0.2) is 43.3 Å². The third kappa shape index (κ3) is 7.44. The number of hydrogen-bond donors (Lipinski definition) is 1. The summed E-state index contributed by atoms with van der Waals surface area (Å²) in [5.41, 5.74) is 2.71. The van der Waals surface area contributed by atoms with E-state index in [1.54, 1.807) is 49.4 Å². The van der Waals surface area contributed by atoms with Crippen molar-refractivity contribution in [2.75, 3.05) is 10.8 Å². The third-order valence-electron chi connectivity index (χ3n) is 6.07. The van der Waals surface area contributed by atoms with Gasteiger partial charge in [-0.05, 0) is 71.4 Å². The van der Waals surface area contributed by atoms with E-state index in [1.165, 1.54) is 17.0 Å². The van der Waals surface area contributed by atoms with E-state index in [1.807, 2.05) is 58.9 Å². The van der Waals surface area contributed by atoms with Gasteiger partial charge in [0, 0.05) is 12.1 Å². The highest BCUT2D eigenvalue weighted by molar-refractivity contribution is 7.92. The van der Waals surface area contributed by atoms with E-state index in [9.17, 15) is 18.0 Å². The molecule has 0 saturated carbocycles. The summed E-state index contributed by atoms with van der Waals surface area (Å²) in [6, 6.07) is 21.9. The molecule has 2 amide bonds. The Kier molecular flexibility index (Phi) is 8.99. The lowest BCUT2D eigenvalue weighted by atomic mass is 10.1. The van der Waals surface area contributed by atoms with Gasteiger partial charge in [0.15, 0.2) is 0 Å². The molecule has 1 N–H and O–H groups in total. The number of carbonyl (C=O) groups excluding carboxylic acids is 2. The van der Waals surface area contributed by atoms with Gasteiger partial charge >= 0.3 is 0 Å². The van der Waals surface area contributed by atoms with Gasteiger partial charge in [-0.1, -0.05) is 65.7 Å². The van der Waals surface area contributed by atoms with Gasteiger partial charge in [0.25, 0.3) is 10.0 Å². The Morgan fingerprint density at radius 3 is 1.89 bits per heavy atom. The van der Waals surface area contributed by atoms with E-state index in [-0.39, 0.29) is 17.3 Å². The van der Waals surface area contributed by atoms with Crippen LogP contribution in [-0.2, 0) is 26.2 Å². The first kappa shape index (κ1) is 28.9. The maximum absolute atomic E-state index is 13.9. The second-order valence-electron chi connectivity index (χ2n) is 10.6. The van der Waals surface area contributed by atoms with Gasteiger partial charge in [-0.2, -0.15) is 0 Å². The molecule has 0 aliphatic carbocycles. The number of hydrogen-bond acceptors (Lipinski definition) is 4. The third-order valence-corrected chi connectivity index (χ3v) is 7.86. The standard InChI is InChI=1S/C30H37N3O4S/c1-22-12-16-25(17-13-22)20-32(24(3)29(35)31-30(4,5)6)28(34)21-33(26-10-8-7-9-11-26)38(36,37)27-18-14-23(2)15-19-27/h7-19,24H,20-21H2,1-6H3,(H,31,35)/t24-/m1/s1. The highest BCUT2D eigenvalue weighted by Crippen LogP contribution is 2.25. The second-order valence-corrected chi connectivity index (χ2v) is 12.4. The molecule has 0 bridgehead atoms. The average Bonchev–Trinajstić information content (AvgIpc) is 2.86. The molecule has 0 aliphatic rings. The molecule has 3 aromatic rings. The van der Waals surface area contributed by atoms with E-state index in [0.29, 0.717) is 5.69 Å². The molecule has 0 unspecified atom stereocenters. The molecule has 0 aliphatic heterocycles. The monoisotopic (exact) mass is 535 g/mol. The zero-order valence-electron chi connectivity index (χ0n) is 22.9. The molecule has 8 heteroatoms. The fourth-order valence-corrected chi connectivity index (χ4v) is 5.32. The summed E-state index contributed by atoms with van der Waals surface area (Å²) < 4.78 is 28.6. The van der Waals surface area contributed by atoms with Crippen LogP contribution < -0.4 is 9.62 Å². The van der Waals surface area contributed by atoms with Gasteiger partial charge in [-0.3, -0.25) is 13.9 Å². The van der Waals surface area contributed by atoms with Crippen LogP contribution in [0.25, 0.3) is 0 Å². The summed E-state index contributed by atoms with van der Waals surface area (Å²) in [5, 5.41) is 2.93. The summed E-state index contributed by atoms with van der Waals surface area (Å²) in [6.07, 6.45) is 0. The predicted molar refractivity (Wildman–Crippen MR) is 151 cm³/mol. The quantitative estimate of drug-likeness (QED) is 0.425. The number of rotatable bonds is 9. The minimum absolute atomic E-state index is 0.0864. The van der Waals surface area contributed by atoms with Crippen molar-refractivity contribution in [3.63, 3.8) is 0 Å². The number of anilines is 1. The molecular weight excluding hydrogens is 498 g/mol. The molecule has 1 atom stereocenters. The number of para-hydroxylation sites is 1. The molecule has 0 radical (unpaired) electrons. The Bertz CT molecular complexity index is 1350. The van der Waals surface area contributed by atoms with E-state index >= 15 is 0 Å². The van der Waals surface area contributed by atoms with Gasteiger partial charge < -0.3 is 10.2 Å². The Morgan fingerprint density at radius 2 is 1.37 bits per heavy atom. The average molecular weight is 536 g/mol. The second kappa shape index (κ2) is 11.8. The molecule has 7 nitrogen and oxygen atoms in total. The lowest BCUT2D eigenvalue weighted by Gasteiger charge is -2.33. The van der Waals surface area contributed by atoms with Crippen LogP contribution in [0.3, 0.4) is 0 Å². The van der Waals surface area contributed by atoms with Crippen molar-refractivity contribution in [1.29, 1.82) is 0 Å². The van der Waals surface area contributed by atoms with Crippen molar-refractivity contribution in [2.45, 2.75) is 64.6 Å². The van der Waals surface area contributed by atoms with E-state index in [4.69, 9.17) is 0 Å². The van der Waals surface area contributed by atoms with Crippen LogP contribution in [0.5, 0.6) is 0 Å². The summed E-state index contributed by atoms with van der Waals surface area (Å²) in [6.45, 7) is 10.8. The smallest absolute Gasteiger partial charge is 0.264 e. The number of sulfonamides is 1. The van der Waals surface area contributed by atoms with E-state index in [2.05, 4.69) is 5.32 Å². The number of amides is 2. The molecule has 0 fully saturated rings. The Balaban J connectivity index is 2.00. The van der Waals surface area contributed by atoms with E-state index < -0.39 is 34.1 Å². The van der Waals surface area contributed by atoms with Gasteiger partial charge in [-0.25, -0.2) is 8.42 Å². The van der Waals surface area contributed by atoms with Gasteiger partial charge in [-0.15, -0.1) is 0 Å². The van der Waals surface area contributed by atoms with E-state index in [0.717, 1.165) is 21.0 Å². The first-order valence-corrected chi connectivity index (χ1v) is 14.0. The normalized spacial score (nSPS) is 12.5. The van der Waals surface area contributed by atoms with Crippen LogP contribution in [0.1, 0.15) is 44.4 Å². The predicted octanol–water partition coefficient (Wildman–Crippen LogP) is 4.83. The Hall–Kier alpha value is -3.65. The van der Waals surface area contributed by atoms with Crippen LogP contribution in [0, 0.1) is 13.8 Å². The molecule has 3 aromatic carbocycles. The Labute approximate surface area is 226 Å². The van der Waals surface area contributed by atoms with Crippen molar-refractivity contribution < 1.29 is 18.0 Å². The number of nitrogens with zero attached hydrogens (tertiary/aromatic N) is 2. The lowest BCUT2D eigenvalue weighted by Crippen LogP contribution is -2.54. The number of aryl methyl sites for hydroxylation is 2. The number of nitrogens with one attached hydrogen (secondary N) is 1. The van der Waals surface area contributed by atoms with Crippen molar-refractivity contribution in [1.82, 2.24) is 10.2 Å². The maximum Gasteiger partial charge on any atom is 0.264 e. The van der Waals surface area contributed by atoms with Gasteiger partial charge in [0.2, 0.25) is 11.8 Å². The van der Waals surface area contributed by atoms with Gasteiger partial charge in [0.05, 0.1) is 10.6 Å². The number of benzene rings is 3. The summed E-state index contributed by atoms with van der Waals surface area (Å²) >= 11 is 0. The molecule has 3 rings (SSSR count). The van der Waals surface area contributed by atoms with Crippen LogP contribution in [0.2, 0.25) is 0 Å². The first-order valence-electron chi connectivity index (χ1n) is 12.6. The zero-order valence-corrected chi connectivity index (χ0v) is 23.7. The first-order chi connectivity index (χ1) is 17.8. The van der Waals surface area contributed by atoms with Crippen molar-refractivity contribution in [3.8, 4) is 0 Å².